The summed E-state index contributed by atoms with van der Waals surface area (Å²) < 4.78 is 2.21. The van der Waals surface area contributed by atoms with E-state index >= 15 is 0 Å². The normalized spacial score (nSPS) is 10.9. The van der Waals surface area contributed by atoms with Crippen LogP contribution in [-0.2, 0) is 19.4 Å². The van der Waals surface area contributed by atoms with Gasteiger partial charge in [0.05, 0.1) is 16.6 Å². The van der Waals surface area contributed by atoms with Crippen molar-refractivity contribution in [2.45, 2.75) is 19.4 Å². The summed E-state index contributed by atoms with van der Waals surface area (Å²) in [6.45, 7) is 1.21. The smallest absolute Gasteiger partial charge is 0.252 e. The predicted molar refractivity (Wildman–Crippen MR) is 110 cm³/mol. The molecule has 0 saturated heterocycles. The van der Waals surface area contributed by atoms with Crippen LogP contribution in [0.3, 0.4) is 0 Å². The number of para-hydroxylation sites is 2. The minimum Gasteiger partial charge on any atom is -0.350 e. The molecule has 5 heteroatoms. The first kappa shape index (κ1) is 17.9. The second-order valence-electron chi connectivity index (χ2n) is 6.65. The molecule has 0 atom stereocenters. The number of nitrogens with one attached hydrogen (secondary N) is 1. The van der Waals surface area contributed by atoms with Crippen LogP contribution in [0.2, 0.25) is 0 Å². The first-order valence-electron chi connectivity index (χ1n) is 9.47. The van der Waals surface area contributed by atoms with Crippen molar-refractivity contribution in [2.24, 2.45) is 0 Å². The summed E-state index contributed by atoms with van der Waals surface area (Å²) >= 11 is 0. The zero-order valence-corrected chi connectivity index (χ0v) is 15.6. The van der Waals surface area contributed by atoms with Crippen LogP contribution in [0.1, 0.15) is 21.7 Å². The van der Waals surface area contributed by atoms with Crippen LogP contribution in [0.15, 0.2) is 79.1 Å². The van der Waals surface area contributed by atoms with Crippen LogP contribution in [0, 0.1) is 0 Å². The van der Waals surface area contributed by atoms with E-state index in [0.717, 1.165) is 29.7 Å². The summed E-state index contributed by atoms with van der Waals surface area (Å²) in [6, 6.07) is 22.1. The molecule has 4 aromatic rings. The van der Waals surface area contributed by atoms with Gasteiger partial charge in [-0.25, -0.2) is 4.98 Å². The molecule has 0 bridgehead atoms. The number of fused-ring (bicyclic) bond motifs is 1. The van der Waals surface area contributed by atoms with Gasteiger partial charge in [-0.2, -0.15) is 0 Å². The van der Waals surface area contributed by atoms with E-state index in [2.05, 4.69) is 45.2 Å². The Balaban J connectivity index is 1.48. The Morgan fingerprint density at radius 2 is 1.75 bits per heavy atom. The van der Waals surface area contributed by atoms with Crippen LogP contribution < -0.4 is 5.32 Å². The quantitative estimate of drug-likeness (QED) is 0.540. The number of aryl methyl sites for hydroxylation is 2. The molecule has 28 heavy (non-hydrogen) atoms. The zero-order valence-electron chi connectivity index (χ0n) is 15.6. The Kier molecular flexibility index (Phi) is 5.43. The molecule has 1 amide bonds. The summed E-state index contributed by atoms with van der Waals surface area (Å²) in [6.07, 6.45) is 5.03. The number of hydrogen-bond acceptors (Lipinski definition) is 3. The number of amides is 1. The van der Waals surface area contributed by atoms with Crippen molar-refractivity contribution in [3.8, 4) is 0 Å². The molecule has 2 heterocycles. The number of rotatable bonds is 7. The Morgan fingerprint density at radius 3 is 2.57 bits per heavy atom. The highest BCUT2D eigenvalue weighted by Gasteiger charge is 2.11. The van der Waals surface area contributed by atoms with E-state index in [-0.39, 0.29) is 5.91 Å². The summed E-state index contributed by atoms with van der Waals surface area (Å²) in [5.74, 6) is 0.934. The van der Waals surface area contributed by atoms with Crippen LogP contribution in [0.4, 0.5) is 0 Å². The number of pyridine rings is 1. The molecule has 4 rings (SSSR count). The molecule has 5 nitrogen and oxygen atoms in total. The molecule has 1 N–H and O–H groups in total. The first-order chi connectivity index (χ1) is 13.8. The monoisotopic (exact) mass is 370 g/mol. The largest absolute Gasteiger partial charge is 0.350 e. The van der Waals surface area contributed by atoms with Crippen molar-refractivity contribution in [1.29, 1.82) is 0 Å². The minimum atomic E-state index is -0.108. The van der Waals surface area contributed by atoms with E-state index in [1.54, 1.807) is 24.5 Å². The number of benzene rings is 2. The van der Waals surface area contributed by atoms with Gasteiger partial charge in [0.15, 0.2) is 0 Å². The molecule has 2 aromatic carbocycles. The van der Waals surface area contributed by atoms with Crippen molar-refractivity contribution in [2.75, 3.05) is 6.54 Å². The topological polar surface area (TPSA) is 59.8 Å². The molecule has 0 unspecified atom stereocenters. The fourth-order valence-corrected chi connectivity index (χ4v) is 3.35. The second-order valence-corrected chi connectivity index (χ2v) is 6.65. The van der Waals surface area contributed by atoms with Gasteiger partial charge in [0.1, 0.15) is 5.82 Å². The van der Waals surface area contributed by atoms with Gasteiger partial charge in [-0.15, -0.1) is 0 Å². The Labute approximate surface area is 164 Å². The van der Waals surface area contributed by atoms with E-state index in [0.29, 0.717) is 18.7 Å². The van der Waals surface area contributed by atoms with Crippen molar-refractivity contribution in [3.05, 3.63) is 96.1 Å². The average molecular weight is 370 g/mol. The van der Waals surface area contributed by atoms with Crippen LogP contribution >= 0.6 is 0 Å². The van der Waals surface area contributed by atoms with Gasteiger partial charge < -0.3 is 9.88 Å². The second kappa shape index (κ2) is 8.48. The fourth-order valence-electron chi connectivity index (χ4n) is 3.35. The molecule has 0 aliphatic heterocycles. The molecular weight excluding hydrogens is 348 g/mol. The van der Waals surface area contributed by atoms with E-state index in [4.69, 9.17) is 4.98 Å². The highest BCUT2D eigenvalue weighted by atomic mass is 16.1. The third-order valence-corrected chi connectivity index (χ3v) is 4.76. The minimum absolute atomic E-state index is 0.108. The van der Waals surface area contributed by atoms with Crippen molar-refractivity contribution < 1.29 is 4.79 Å². The van der Waals surface area contributed by atoms with Crippen LogP contribution in [-0.4, -0.2) is 27.0 Å². The Morgan fingerprint density at radius 1 is 0.929 bits per heavy atom. The van der Waals surface area contributed by atoms with Crippen molar-refractivity contribution in [3.63, 3.8) is 0 Å². The zero-order chi connectivity index (χ0) is 19.2. The van der Waals surface area contributed by atoms with Gasteiger partial charge in [-0.1, -0.05) is 42.5 Å². The van der Waals surface area contributed by atoms with Gasteiger partial charge in [0, 0.05) is 31.9 Å². The van der Waals surface area contributed by atoms with Crippen molar-refractivity contribution >= 4 is 16.9 Å². The van der Waals surface area contributed by atoms with E-state index in [1.807, 2.05) is 24.3 Å². The number of carbonyl (C=O) groups excluding carboxylic acids is 1. The summed E-state index contributed by atoms with van der Waals surface area (Å²) in [5, 5.41) is 2.98. The SMILES string of the molecule is O=C(NCCn1c(CCc2ccccc2)nc2ccccc21)c1cccnc1. The number of nitrogens with zero attached hydrogens (tertiary/aromatic N) is 3. The Hall–Kier alpha value is -3.47. The fraction of sp³-hybridized carbons (Fsp3) is 0.174. The highest BCUT2D eigenvalue weighted by molar-refractivity contribution is 5.93. The molecule has 0 aliphatic carbocycles. The maximum absolute atomic E-state index is 12.3. The third kappa shape index (κ3) is 4.09. The third-order valence-electron chi connectivity index (χ3n) is 4.76. The first-order valence-corrected chi connectivity index (χ1v) is 9.47. The van der Waals surface area contributed by atoms with Gasteiger partial charge in [0.2, 0.25) is 0 Å². The standard InChI is InChI=1S/C23H22N4O/c28-23(19-9-6-14-24-17-19)25-15-16-27-21-11-5-4-10-20(21)26-22(27)13-12-18-7-2-1-3-8-18/h1-11,14,17H,12-13,15-16H2,(H,25,28). The van der Waals surface area contributed by atoms with E-state index in [9.17, 15) is 4.79 Å². The summed E-state index contributed by atoms with van der Waals surface area (Å²) in [7, 11) is 0. The molecule has 0 spiro atoms. The lowest BCUT2D eigenvalue weighted by Gasteiger charge is -2.11. The number of imidazole rings is 1. The molecule has 140 valence electrons. The van der Waals surface area contributed by atoms with Gasteiger partial charge >= 0.3 is 0 Å². The number of carbonyl (C=O) groups is 1. The van der Waals surface area contributed by atoms with Crippen LogP contribution in [0.25, 0.3) is 11.0 Å². The molecule has 0 radical (unpaired) electrons. The maximum atomic E-state index is 12.3. The average Bonchev–Trinajstić information content (AvgIpc) is 3.11. The van der Waals surface area contributed by atoms with Crippen molar-refractivity contribution in [1.82, 2.24) is 19.9 Å². The predicted octanol–water partition coefficient (Wildman–Crippen LogP) is 3.65. The lowest BCUT2D eigenvalue weighted by Crippen LogP contribution is -2.27. The van der Waals surface area contributed by atoms with Crippen LogP contribution in [0.5, 0.6) is 0 Å². The summed E-state index contributed by atoms with van der Waals surface area (Å²) in [5.41, 5.74) is 3.96. The van der Waals surface area contributed by atoms with Gasteiger partial charge in [-0.3, -0.25) is 9.78 Å². The lowest BCUT2D eigenvalue weighted by atomic mass is 10.1. The van der Waals surface area contributed by atoms with E-state index < -0.39 is 0 Å². The number of aromatic nitrogens is 3. The van der Waals surface area contributed by atoms with E-state index in [1.165, 1.54) is 5.56 Å². The lowest BCUT2D eigenvalue weighted by molar-refractivity contribution is 0.0952. The van der Waals surface area contributed by atoms with Gasteiger partial charge in [-0.05, 0) is 36.2 Å². The molecule has 0 fully saturated rings. The molecule has 0 aliphatic rings. The molecular formula is C23H22N4O. The summed E-state index contributed by atoms with van der Waals surface area (Å²) in [4.78, 5) is 21.1. The Bertz CT molecular complexity index is 1060. The highest BCUT2D eigenvalue weighted by Crippen LogP contribution is 2.17. The van der Waals surface area contributed by atoms with Gasteiger partial charge in [0.25, 0.3) is 5.91 Å². The number of hydrogen-bond donors (Lipinski definition) is 1. The molecule has 0 saturated carbocycles. The molecule has 2 aromatic heterocycles. The maximum Gasteiger partial charge on any atom is 0.252 e.